The molecule has 0 spiro atoms. The van der Waals surface area contributed by atoms with Gasteiger partial charge in [-0.3, -0.25) is 0 Å². The highest BCUT2D eigenvalue weighted by molar-refractivity contribution is 6.30. The van der Waals surface area contributed by atoms with Crippen LogP contribution in [0.4, 0.5) is 0 Å². The molecule has 0 heterocycles. The van der Waals surface area contributed by atoms with Gasteiger partial charge in [0.05, 0.1) is 22.7 Å². The largest absolute Gasteiger partial charge is 0.549 e. The van der Waals surface area contributed by atoms with Crippen LogP contribution >= 0.6 is 23.2 Å². The molecule has 4 rings (SSSR count). The van der Waals surface area contributed by atoms with Gasteiger partial charge in [-0.05, 0) is 61.2 Å². The monoisotopic (exact) mass is 318 g/mol. The van der Waals surface area contributed by atoms with E-state index in [0.29, 0.717) is 18.3 Å². The van der Waals surface area contributed by atoms with E-state index < -0.39 is 33.5 Å². The fourth-order valence-corrected chi connectivity index (χ4v) is 6.01. The van der Waals surface area contributed by atoms with E-state index in [4.69, 9.17) is 23.2 Å². The van der Waals surface area contributed by atoms with Crippen molar-refractivity contribution in [2.24, 2.45) is 22.7 Å². The van der Waals surface area contributed by atoms with Crippen molar-refractivity contribution in [1.82, 2.24) is 0 Å². The minimum Gasteiger partial charge on any atom is -0.549 e. The summed E-state index contributed by atoms with van der Waals surface area (Å²) in [5, 5.41) is 20.3. The number of carboxylic acids is 2. The van der Waals surface area contributed by atoms with Gasteiger partial charge in [0.1, 0.15) is 0 Å². The Labute approximate surface area is 127 Å². The fraction of sp³-hybridized carbons (Fsp3) is 0.857. The molecule has 0 aromatic carbocycles. The summed E-state index contributed by atoms with van der Waals surface area (Å²) in [6, 6.07) is 0. The highest BCUT2D eigenvalue weighted by Gasteiger charge is 2.62. The molecule has 0 unspecified atom stereocenters. The highest BCUT2D eigenvalue weighted by Crippen LogP contribution is 2.68. The third-order valence-corrected chi connectivity index (χ3v) is 6.92. The van der Waals surface area contributed by atoms with E-state index in [2.05, 4.69) is 0 Å². The van der Waals surface area contributed by atoms with Crippen LogP contribution in [0.1, 0.15) is 38.5 Å². The zero-order chi connectivity index (χ0) is 14.7. The molecule has 0 saturated heterocycles. The van der Waals surface area contributed by atoms with Crippen molar-refractivity contribution >= 4 is 35.1 Å². The Kier molecular flexibility index (Phi) is 3.26. The average molecular weight is 319 g/mol. The van der Waals surface area contributed by atoms with Crippen LogP contribution in [-0.2, 0) is 9.59 Å². The topological polar surface area (TPSA) is 80.3 Å². The van der Waals surface area contributed by atoms with E-state index in [-0.39, 0.29) is 0 Å². The van der Waals surface area contributed by atoms with E-state index >= 15 is 0 Å². The minimum absolute atomic E-state index is 0.317. The van der Waals surface area contributed by atoms with Crippen molar-refractivity contribution in [3.8, 4) is 0 Å². The average Bonchev–Trinajstić information content (AvgIpc) is 2.35. The molecule has 0 aromatic rings. The number of hydrogen-bond acceptors (Lipinski definition) is 4. The number of rotatable bonds is 4. The Morgan fingerprint density at radius 3 is 1.55 bits per heavy atom. The van der Waals surface area contributed by atoms with Crippen LogP contribution < -0.4 is 10.2 Å². The minimum atomic E-state index is -1.26. The van der Waals surface area contributed by atoms with E-state index in [1.54, 1.807) is 0 Å². The van der Waals surface area contributed by atoms with Crippen LogP contribution in [0.3, 0.4) is 0 Å². The van der Waals surface area contributed by atoms with Crippen molar-refractivity contribution in [3.05, 3.63) is 0 Å². The summed E-state index contributed by atoms with van der Waals surface area (Å²) in [6.45, 7) is 0. The number of halogens is 2. The van der Waals surface area contributed by atoms with Gasteiger partial charge in [-0.25, -0.2) is 0 Å². The Morgan fingerprint density at radius 1 is 0.900 bits per heavy atom. The van der Waals surface area contributed by atoms with Crippen molar-refractivity contribution in [2.75, 3.05) is 0 Å². The predicted molar refractivity (Wildman–Crippen MR) is 68.8 cm³/mol. The molecule has 6 heteroatoms. The Morgan fingerprint density at radius 2 is 1.25 bits per heavy atom. The van der Waals surface area contributed by atoms with Crippen LogP contribution in [0.25, 0.3) is 0 Å². The van der Waals surface area contributed by atoms with Gasteiger partial charge in [0.2, 0.25) is 0 Å². The first-order chi connectivity index (χ1) is 9.28. The lowest BCUT2D eigenvalue weighted by Gasteiger charge is -2.64. The maximum absolute atomic E-state index is 11.2. The van der Waals surface area contributed by atoms with Gasteiger partial charge in [-0.1, -0.05) is 0 Å². The second-order valence-electron chi connectivity index (χ2n) is 7.05. The first kappa shape index (κ1) is 14.5. The van der Waals surface area contributed by atoms with Crippen LogP contribution in [0.5, 0.6) is 0 Å². The second-order valence-corrected chi connectivity index (χ2v) is 7.92. The molecule has 4 aliphatic rings. The molecule has 0 amide bonds. The molecule has 4 aliphatic carbocycles. The summed E-state index contributed by atoms with van der Waals surface area (Å²) in [6.07, 6.45) is 4.44. The SMILES string of the molecule is O=C([O-])[C@@H](Cl)C12CC3CC(C1)CC([C@H](Cl)C(=O)[O-])(C3)C2. The highest BCUT2D eigenvalue weighted by atomic mass is 35.5. The van der Waals surface area contributed by atoms with Gasteiger partial charge >= 0.3 is 0 Å². The van der Waals surface area contributed by atoms with Crippen LogP contribution in [0.2, 0.25) is 0 Å². The molecule has 4 bridgehead atoms. The first-order valence-corrected chi connectivity index (χ1v) is 7.85. The standard InChI is InChI=1S/C14H18Cl2O4/c15-9(11(17)18)13-2-7-1-8(4-13)5-14(3-7,6-13)10(16)12(19)20/h7-10H,1-6H2,(H,17,18)(H,19,20)/p-2/t7?,8?,9-,10-,13?,14?/m1/s1. The maximum atomic E-state index is 11.2. The second kappa shape index (κ2) is 4.51. The van der Waals surface area contributed by atoms with Crippen LogP contribution in [-0.4, -0.2) is 22.7 Å². The number of alkyl halides is 2. The molecule has 2 atom stereocenters. The number of aliphatic carboxylic acids is 2. The molecule has 0 aliphatic heterocycles. The van der Waals surface area contributed by atoms with E-state index in [9.17, 15) is 19.8 Å². The number of carboxylic acid groups (broad SMARTS) is 2. The summed E-state index contributed by atoms with van der Waals surface area (Å²) < 4.78 is 0. The Balaban J connectivity index is 1.97. The first-order valence-electron chi connectivity index (χ1n) is 6.98. The van der Waals surface area contributed by atoms with E-state index in [0.717, 1.165) is 32.1 Å². The lowest BCUT2D eigenvalue weighted by molar-refractivity contribution is -0.312. The zero-order valence-corrected chi connectivity index (χ0v) is 12.5. The number of carbonyl (C=O) groups is 2. The quantitative estimate of drug-likeness (QED) is 0.698. The maximum Gasteiger partial charge on any atom is 0.0787 e. The lowest BCUT2D eigenvalue weighted by Crippen LogP contribution is -2.62. The van der Waals surface area contributed by atoms with Crippen molar-refractivity contribution in [1.29, 1.82) is 0 Å². The smallest absolute Gasteiger partial charge is 0.0787 e. The van der Waals surface area contributed by atoms with Gasteiger partial charge in [0.15, 0.2) is 0 Å². The molecule has 112 valence electrons. The van der Waals surface area contributed by atoms with E-state index in [1.807, 2.05) is 0 Å². The molecular formula is C14H16Cl2O4-2. The van der Waals surface area contributed by atoms with E-state index in [1.165, 1.54) is 0 Å². The van der Waals surface area contributed by atoms with Gasteiger partial charge in [0, 0.05) is 0 Å². The van der Waals surface area contributed by atoms with Crippen molar-refractivity contribution in [3.63, 3.8) is 0 Å². The third-order valence-electron chi connectivity index (χ3n) is 5.64. The molecule has 0 aromatic heterocycles. The van der Waals surface area contributed by atoms with Crippen LogP contribution in [0.15, 0.2) is 0 Å². The normalized spacial score (nSPS) is 45.1. The Hall–Kier alpha value is -0.480. The Bertz CT molecular complexity index is 412. The fourth-order valence-electron chi connectivity index (χ4n) is 5.50. The molecule has 0 N–H and O–H groups in total. The summed E-state index contributed by atoms with van der Waals surface area (Å²) in [7, 11) is 0. The number of hydrogen-bond donors (Lipinski definition) is 0. The van der Waals surface area contributed by atoms with Crippen LogP contribution in [0, 0.1) is 22.7 Å². The summed E-state index contributed by atoms with van der Waals surface area (Å²) in [5.74, 6) is -1.89. The van der Waals surface area contributed by atoms with Gasteiger partial charge in [-0.2, -0.15) is 0 Å². The molecule has 4 fully saturated rings. The third kappa shape index (κ3) is 1.95. The van der Waals surface area contributed by atoms with Gasteiger partial charge < -0.3 is 19.8 Å². The summed E-state index contributed by atoms with van der Waals surface area (Å²) >= 11 is 12.2. The van der Waals surface area contributed by atoms with Crippen molar-refractivity contribution in [2.45, 2.75) is 49.3 Å². The number of carbonyl (C=O) groups excluding carboxylic acids is 2. The molecule has 0 radical (unpaired) electrons. The molecule has 4 nitrogen and oxygen atoms in total. The molecule has 4 saturated carbocycles. The summed E-state index contributed by atoms with van der Waals surface area (Å²) in [5.41, 5.74) is -1.12. The van der Waals surface area contributed by atoms with Crippen molar-refractivity contribution < 1.29 is 19.8 Å². The summed E-state index contributed by atoms with van der Waals surface area (Å²) in [4.78, 5) is 22.4. The lowest BCUT2D eigenvalue weighted by atomic mass is 9.42. The molecule has 20 heavy (non-hydrogen) atoms. The van der Waals surface area contributed by atoms with Gasteiger partial charge in [-0.15, -0.1) is 23.2 Å². The zero-order valence-electron chi connectivity index (χ0n) is 10.9. The van der Waals surface area contributed by atoms with Gasteiger partial charge in [0.25, 0.3) is 0 Å². The predicted octanol–water partition coefficient (Wildman–Crippen LogP) is 0.288. The molecular weight excluding hydrogens is 303 g/mol.